The van der Waals surface area contributed by atoms with Crippen LogP contribution in [0.1, 0.15) is 32.9 Å². The molecule has 0 aliphatic rings. The molecule has 0 radical (unpaired) electrons. The van der Waals surface area contributed by atoms with Gasteiger partial charge in [0.25, 0.3) is 0 Å². The molecule has 0 spiro atoms. The van der Waals surface area contributed by atoms with Crippen LogP contribution in [0.2, 0.25) is 0 Å². The molecule has 0 aliphatic carbocycles. The van der Waals surface area contributed by atoms with Gasteiger partial charge in [0.05, 0.1) is 0 Å². The minimum absolute atomic E-state index is 0.439. The van der Waals surface area contributed by atoms with E-state index in [1.807, 2.05) is 60.7 Å². The highest BCUT2D eigenvalue weighted by atomic mass is 16.1. The third-order valence-electron chi connectivity index (χ3n) is 3.26. The number of aromatic nitrogens is 1. The molecule has 0 aliphatic heterocycles. The van der Waals surface area contributed by atoms with Crippen LogP contribution < -0.4 is 0 Å². The van der Waals surface area contributed by atoms with E-state index in [9.17, 15) is 4.79 Å². The van der Waals surface area contributed by atoms with Crippen LogP contribution in [0, 0.1) is 23.7 Å². The SMILES string of the molecule is O=Cc1ccc(C#Cc2ccccc2)nc1C#Cc1ccccc1. The maximum atomic E-state index is 11.2. The Morgan fingerprint density at radius 1 is 0.667 bits per heavy atom. The second-order valence-corrected chi connectivity index (χ2v) is 4.98. The first-order valence-corrected chi connectivity index (χ1v) is 7.45. The van der Waals surface area contributed by atoms with Gasteiger partial charge in [-0.3, -0.25) is 4.79 Å². The minimum atomic E-state index is 0.439. The smallest absolute Gasteiger partial charge is 0.152 e. The first-order chi connectivity index (χ1) is 11.8. The normalized spacial score (nSPS) is 9.17. The Bertz CT molecular complexity index is 968. The van der Waals surface area contributed by atoms with Crippen molar-refractivity contribution in [2.24, 2.45) is 0 Å². The van der Waals surface area contributed by atoms with Crippen LogP contribution in [-0.4, -0.2) is 11.3 Å². The molecule has 3 rings (SSSR count). The largest absolute Gasteiger partial charge is 0.298 e. The van der Waals surface area contributed by atoms with Crippen LogP contribution in [0.5, 0.6) is 0 Å². The molecule has 3 aromatic rings. The van der Waals surface area contributed by atoms with E-state index in [1.165, 1.54) is 0 Å². The van der Waals surface area contributed by atoms with E-state index < -0.39 is 0 Å². The van der Waals surface area contributed by atoms with Crippen molar-refractivity contribution in [1.82, 2.24) is 4.98 Å². The van der Waals surface area contributed by atoms with Gasteiger partial charge in [0.2, 0.25) is 0 Å². The molecule has 0 saturated heterocycles. The Kier molecular flexibility index (Phi) is 4.83. The first-order valence-electron chi connectivity index (χ1n) is 7.45. The van der Waals surface area contributed by atoms with Crippen molar-refractivity contribution in [3.8, 4) is 23.7 Å². The van der Waals surface area contributed by atoms with Crippen molar-refractivity contribution in [3.05, 3.63) is 101 Å². The fraction of sp³-hybridized carbons (Fsp3) is 0. The van der Waals surface area contributed by atoms with Crippen LogP contribution in [0.15, 0.2) is 72.8 Å². The average Bonchev–Trinajstić information content (AvgIpc) is 2.66. The Balaban J connectivity index is 1.93. The highest BCUT2D eigenvalue weighted by Gasteiger charge is 2.01. The summed E-state index contributed by atoms with van der Waals surface area (Å²) in [4.78, 5) is 15.6. The topological polar surface area (TPSA) is 30.0 Å². The maximum Gasteiger partial charge on any atom is 0.152 e. The molecule has 2 heteroatoms. The Labute approximate surface area is 141 Å². The highest BCUT2D eigenvalue weighted by Crippen LogP contribution is 2.06. The van der Waals surface area contributed by atoms with Gasteiger partial charge in [0.15, 0.2) is 6.29 Å². The number of hydrogen-bond donors (Lipinski definition) is 0. The maximum absolute atomic E-state index is 11.2. The van der Waals surface area contributed by atoms with Gasteiger partial charge in [-0.1, -0.05) is 48.2 Å². The summed E-state index contributed by atoms with van der Waals surface area (Å²) in [5, 5.41) is 0. The zero-order valence-electron chi connectivity index (χ0n) is 12.9. The summed E-state index contributed by atoms with van der Waals surface area (Å²) < 4.78 is 0. The van der Waals surface area contributed by atoms with Gasteiger partial charge >= 0.3 is 0 Å². The monoisotopic (exact) mass is 307 g/mol. The van der Waals surface area contributed by atoms with Gasteiger partial charge in [-0.25, -0.2) is 4.98 Å². The molecule has 0 unspecified atom stereocenters. The van der Waals surface area contributed by atoms with Crippen LogP contribution in [0.4, 0.5) is 0 Å². The average molecular weight is 307 g/mol. The molecule has 2 nitrogen and oxygen atoms in total. The van der Waals surface area contributed by atoms with Gasteiger partial charge in [-0.05, 0) is 48.2 Å². The number of aldehydes is 1. The number of benzene rings is 2. The fourth-order valence-corrected chi connectivity index (χ4v) is 2.05. The van der Waals surface area contributed by atoms with Crippen molar-refractivity contribution in [2.45, 2.75) is 0 Å². The van der Waals surface area contributed by atoms with Crippen molar-refractivity contribution in [3.63, 3.8) is 0 Å². The van der Waals surface area contributed by atoms with Crippen LogP contribution in [0.3, 0.4) is 0 Å². The lowest BCUT2D eigenvalue weighted by atomic mass is 10.1. The predicted octanol–water partition coefficient (Wildman–Crippen LogP) is 3.69. The van der Waals surface area contributed by atoms with Crippen molar-refractivity contribution in [1.29, 1.82) is 0 Å². The number of rotatable bonds is 1. The van der Waals surface area contributed by atoms with E-state index in [0.717, 1.165) is 17.4 Å². The van der Waals surface area contributed by atoms with Gasteiger partial charge in [0.1, 0.15) is 11.4 Å². The Morgan fingerprint density at radius 2 is 1.25 bits per heavy atom. The number of pyridine rings is 1. The van der Waals surface area contributed by atoms with Gasteiger partial charge in [-0.2, -0.15) is 0 Å². The third-order valence-corrected chi connectivity index (χ3v) is 3.26. The summed E-state index contributed by atoms with van der Waals surface area (Å²) in [6.07, 6.45) is 0.760. The molecule has 0 bridgehead atoms. The third kappa shape index (κ3) is 3.97. The molecular formula is C22H13NO. The second-order valence-electron chi connectivity index (χ2n) is 4.98. The van der Waals surface area contributed by atoms with E-state index >= 15 is 0 Å². The number of carbonyl (C=O) groups is 1. The standard InChI is InChI=1S/C22H13NO/c24-17-20-13-15-21(14-11-18-7-3-1-4-8-18)23-22(20)16-12-19-9-5-2-6-10-19/h1-10,13,15,17H. The molecular weight excluding hydrogens is 294 g/mol. The first kappa shape index (κ1) is 15.3. The summed E-state index contributed by atoms with van der Waals surface area (Å²) in [6, 6.07) is 22.7. The molecule has 0 amide bonds. The molecule has 0 N–H and O–H groups in total. The van der Waals surface area contributed by atoms with Crippen molar-refractivity contribution < 1.29 is 4.79 Å². The Morgan fingerprint density at radius 3 is 1.83 bits per heavy atom. The summed E-state index contributed by atoms with van der Waals surface area (Å²) in [5.41, 5.74) is 3.27. The molecule has 2 aromatic carbocycles. The molecule has 112 valence electrons. The van der Waals surface area contributed by atoms with Gasteiger partial charge < -0.3 is 0 Å². The minimum Gasteiger partial charge on any atom is -0.298 e. The lowest BCUT2D eigenvalue weighted by Gasteiger charge is -1.97. The van der Waals surface area contributed by atoms with E-state index in [2.05, 4.69) is 28.7 Å². The van der Waals surface area contributed by atoms with E-state index in [-0.39, 0.29) is 0 Å². The quantitative estimate of drug-likeness (QED) is 0.507. The second kappa shape index (κ2) is 7.58. The molecule has 0 atom stereocenters. The van der Waals surface area contributed by atoms with Crippen molar-refractivity contribution >= 4 is 6.29 Å². The zero-order chi connectivity index (χ0) is 16.6. The number of hydrogen-bond acceptors (Lipinski definition) is 2. The highest BCUT2D eigenvalue weighted by molar-refractivity contribution is 5.78. The lowest BCUT2D eigenvalue weighted by Crippen LogP contribution is -1.95. The van der Waals surface area contributed by atoms with Crippen LogP contribution >= 0.6 is 0 Å². The molecule has 0 fully saturated rings. The zero-order valence-corrected chi connectivity index (χ0v) is 12.9. The summed E-state index contributed by atoms with van der Waals surface area (Å²) in [7, 11) is 0. The lowest BCUT2D eigenvalue weighted by molar-refractivity contribution is 0.112. The predicted molar refractivity (Wildman–Crippen MR) is 94.5 cm³/mol. The Hall–Kier alpha value is -3.62. The van der Waals surface area contributed by atoms with Crippen LogP contribution in [0.25, 0.3) is 0 Å². The summed E-state index contributed by atoms with van der Waals surface area (Å²) in [5.74, 6) is 12.0. The summed E-state index contributed by atoms with van der Waals surface area (Å²) >= 11 is 0. The van der Waals surface area contributed by atoms with Gasteiger partial charge in [-0.15, -0.1) is 0 Å². The van der Waals surface area contributed by atoms with Gasteiger partial charge in [0, 0.05) is 16.7 Å². The number of nitrogens with zero attached hydrogens (tertiary/aromatic N) is 1. The molecule has 24 heavy (non-hydrogen) atoms. The van der Waals surface area contributed by atoms with Crippen LogP contribution in [-0.2, 0) is 0 Å². The van der Waals surface area contributed by atoms with Crippen molar-refractivity contribution in [2.75, 3.05) is 0 Å². The van der Waals surface area contributed by atoms with E-state index in [1.54, 1.807) is 12.1 Å². The van der Waals surface area contributed by atoms with E-state index in [0.29, 0.717) is 17.0 Å². The molecule has 1 aromatic heterocycles. The molecule has 0 saturated carbocycles. The molecule has 1 heterocycles. The fourth-order valence-electron chi connectivity index (χ4n) is 2.05. The number of carbonyl (C=O) groups excluding carboxylic acids is 1. The van der Waals surface area contributed by atoms with E-state index in [4.69, 9.17) is 0 Å². The summed E-state index contributed by atoms with van der Waals surface area (Å²) in [6.45, 7) is 0.